The maximum Gasteiger partial charge on any atom is 0.337 e. The Morgan fingerprint density at radius 3 is 2.59 bits per heavy atom. The van der Waals surface area contributed by atoms with Crippen molar-refractivity contribution < 1.29 is 14.6 Å². The number of hydrogen-bond donors (Lipinski definition) is 3. The Morgan fingerprint density at radius 1 is 1.28 bits per heavy atom. The SMILES string of the molecule is CCc1[nH]c2ccc(C(=O)O)c(N3CCC(NC4CCOCC4)CC3)c2c1C#N. The Balaban J connectivity index is 1.61. The van der Waals surface area contributed by atoms with Gasteiger partial charge in [0.15, 0.2) is 0 Å². The first-order valence-electron chi connectivity index (χ1n) is 10.5. The third kappa shape index (κ3) is 3.83. The quantitative estimate of drug-likeness (QED) is 0.718. The summed E-state index contributed by atoms with van der Waals surface area (Å²) in [6.07, 6.45) is 4.73. The molecule has 154 valence electrons. The highest BCUT2D eigenvalue weighted by atomic mass is 16.5. The monoisotopic (exact) mass is 396 g/mol. The van der Waals surface area contributed by atoms with E-state index < -0.39 is 5.97 Å². The number of nitrogens with one attached hydrogen (secondary N) is 2. The van der Waals surface area contributed by atoms with Crippen LogP contribution in [0.4, 0.5) is 5.69 Å². The number of rotatable bonds is 5. The largest absolute Gasteiger partial charge is 0.478 e. The molecule has 1 aromatic heterocycles. The van der Waals surface area contributed by atoms with Crippen LogP contribution in [0.3, 0.4) is 0 Å². The Bertz CT molecular complexity index is 932. The summed E-state index contributed by atoms with van der Waals surface area (Å²) in [4.78, 5) is 17.4. The summed E-state index contributed by atoms with van der Waals surface area (Å²) in [6.45, 7) is 5.20. The van der Waals surface area contributed by atoms with Gasteiger partial charge in [-0.2, -0.15) is 5.26 Å². The highest BCUT2D eigenvalue weighted by molar-refractivity contribution is 6.08. The minimum atomic E-state index is -0.951. The Morgan fingerprint density at radius 2 is 1.97 bits per heavy atom. The van der Waals surface area contributed by atoms with E-state index in [4.69, 9.17) is 4.74 Å². The van der Waals surface area contributed by atoms with E-state index in [9.17, 15) is 15.2 Å². The van der Waals surface area contributed by atoms with Crippen LogP contribution in [-0.4, -0.2) is 54.4 Å². The van der Waals surface area contributed by atoms with Crippen LogP contribution in [-0.2, 0) is 11.2 Å². The standard InChI is InChI=1S/C22H28N4O3/c1-2-18-17(13-23)20-19(25-18)4-3-16(22(27)28)21(20)26-9-5-14(6-10-26)24-15-7-11-29-12-8-15/h3-4,14-15,24-25H,2,5-12H2,1H3,(H,27,28). The molecule has 0 radical (unpaired) electrons. The number of piperidine rings is 1. The van der Waals surface area contributed by atoms with Crippen LogP contribution in [0.5, 0.6) is 0 Å². The molecule has 3 N–H and O–H groups in total. The second-order valence-corrected chi connectivity index (χ2v) is 7.95. The van der Waals surface area contributed by atoms with Gasteiger partial charge in [0.1, 0.15) is 6.07 Å². The first-order valence-corrected chi connectivity index (χ1v) is 10.5. The topological polar surface area (TPSA) is 101 Å². The number of ether oxygens (including phenoxy) is 1. The second-order valence-electron chi connectivity index (χ2n) is 7.95. The van der Waals surface area contributed by atoms with Crippen molar-refractivity contribution in [3.63, 3.8) is 0 Å². The van der Waals surface area contributed by atoms with Gasteiger partial charge in [-0.1, -0.05) is 6.92 Å². The Hall–Kier alpha value is -2.56. The molecule has 0 spiro atoms. The molecule has 7 nitrogen and oxygen atoms in total. The molecule has 2 aliphatic heterocycles. The van der Waals surface area contributed by atoms with Gasteiger partial charge in [-0.05, 0) is 44.2 Å². The summed E-state index contributed by atoms with van der Waals surface area (Å²) in [5, 5.41) is 24.1. The number of H-pyrrole nitrogens is 1. The first-order chi connectivity index (χ1) is 14.1. The molecular formula is C22H28N4O3. The van der Waals surface area contributed by atoms with Gasteiger partial charge in [0.2, 0.25) is 0 Å². The van der Waals surface area contributed by atoms with E-state index >= 15 is 0 Å². The number of hydrogen-bond acceptors (Lipinski definition) is 5. The average molecular weight is 396 g/mol. The van der Waals surface area contributed by atoms with Crippen molar-refractivity contribution in [2.45, 2.75) is 51.1 Å². The third-order valence-electron chi connectivity index (χ3n) is 6.21. The van der Waals surface area contributed by atoms with E-state index in [-0.39, 0.29) is 5.56 Å². The number of nitriles is 1. The van der Waals surface area contributed by atoms with Crippen LogP contribution >= 0.6 is 0 Å². The van der Waals surface area contributed by atoms with E-state index in [2.05, 4.69) is 21.3 Å². The van der Waals surface area contributed by atoms with E-state index in [1.165, 1.54) is 0 Å². The first kappa shape index (κ1) is 19.7. The van der Waals surface area contributed by atoms with Gasteiger partial charge in [-0.25, -0.2) is 4.79 Å². The van der Waals surface area contributed by atoms with Crippen molar-refractivity contribution in [3.8, 4) is 6.07 Å². The molecule has 2 fully saturated rings. The molecule has 2 aliphatic rings. The van der Waals surface area contributed by atoms with Crippen LogP contribution in [0, 0.1) is 11.3 Å². The summed E-state index contributed by atoms with van der Waals surface area (Å²) in [5.41, 5.74) is 3.23. The molecule has 2 saturated heterocycles. The van der Waals surface area contributed by atoms with E-state index in [1.807, 2.05) is 6.92 Å². The zero-order valence-electron chi connectivity index (χ0n) is 16.8. The fraction of sp³-hybridized carbons (Fsp3) is 0.545. The van der Waals surface area contributed by atoms with Crippen molar-refractivity contribution in [1.82, 2.24) is 10.3 Å². The van der Waals surface area contributed by atoms with Gasteiger partial charge in [-0.3, -0.25) is 0 Å². The highest BCUT2D eigenvalue weighted by Crippen LogP contribution is 2.36. The summed E-state index contributed by atoms with van der Waals surface area (Å²) >= 11 is 0. The highest BCUT2D eigenvalue weighted by Gasteiger charge is 2.28. The van der Waals surface area contributed by atoms with Gasteiger partial charge in [0.05, 0.1) is 16.8 Å². The summed E-state index contributed by atoms with van der Waals surface area (Å²) in [7, 11) is 0. The van der Waals surface area contributed by atoms with Gasteiger partial charge < -0.3 is 25.0 Å². The lowest BCUT2D eigenvalue weighted by atomic mass is 9.98. The number of carbonyl (C=O) groups is 1. The number of nitrogens with zero attached hydrogens (tertiary/aromatic N) is 2. The number of carboxylic acids is 1. The number of anilines is 1. The summed E-state index contributed by atoms with van der Waals surface area (Å²) < 4.78 is 5.44. The number of aromatic amines is 1. The fourth-order valence-corrected chi connectivity index (χ4v) is 4.68. The van der Waals surface area contributed by atoms with Gasteiger partial charge >= 0.3 is 5.97 Å². The van der Waals surface area contributed by atoms with Crippen LogP contribution in [0.1, 0.15) is 54.2 Å². The molecule has 1 aromatic carbocycles. The molecule has 3 heterocycles. The van der Waals surface area contributed by atoms with E-state index in [0.717, 1.165) is 68.6 Å². The predicted molar refractivity (Wildman–Crippen MR) is 112 cm³/mol. The van der Waals surface area contributed by atoms with Crippen molar-refractivity contribution >= 4 is 22.6 Å². The van der Waals surface area contributed by atoms with Crippen LogP contribution in [0.2, 0.25) is 0 Å². The summed E-state index contributed by atoms with van der Waals surface area (Å²) in [6, 6.07) is 6.69. The molecule has 2 aromatic rings. The Kier molecular flexibility index (Phi) is 5.74. The van der Waals surface area contributed by atoms with Gasteiger partial charge in [0, 0.05) is 55.0 Å². The number of aromatic carboxylic acids is 1. The number of fused-ring (bicyclic) bond motifs is 1. The fourth-order valence-electron chi connectivity index (χ4n) is 4.68. The number of benzene rings is 1. The predicted octanol–water partition coefficient (Wildman–Crippen LogP) is 3.04. The maximum atomic E-state index is 12.0. The number of aryl methyl sites for hydroxylation is 1. The molecule has 0 aliphatic carbocycles. The van der Waals surface area contributed by atoms with Crippen LogP contribution < -0.4 is 10.2 Å². The molecular weight excluding hydrogens is 368 g/mol. The van der Waals surface area contributed by atoms with E-state index in [0.29, 0.717) is 29.8 Å². The number of aromatic nitrogens is 1. The van der Waals surface area contributed by atoms with E-state index in [1.54, 1.807) is 12.1 Å². The molecule has 29 heavy (non-hydrogen) atoms. The van der Waals surface area contributed by atoms with Crippen LogP contribution in [0.25, 0.3) is 10.9 Å². The average Bonchev–Trinajstić information content (AvgIpc) is 3.12. The van der Waals surface area contributed by atoms with Crippen molar-refractivity contribution in [1.29, 1.82) is 5.26 Å². The molecule has 7 heteroatoms. The molecule has 0 amide bonds. The number of carboxylic acid groups (broad SMARTS) is 1. The maximum absolute atomic E-state index is 12.0. The summed E-state index contributed by atoms with van der Waals surface area (Å²) in [5.74, 6) is -0.951. The van der Waals surface area contributed by atoms with Crippen molar-refractivity contribution in [3.05, 3.63) is 29.0 Å². The van der Waals surface area contributed by atoms with Gasteiger partial charge in [-0.15, -0.1) is 0 Å². The Labute approximate surface area is 170 Å². The second kappa shape index (κ2) is 8.44. The molecule has 0 atom stereocenters. The third-order valence-corrected chi connectivity index (χ3v) is 6.21. The van der Waals surface area contributed by atoms with Crippen molar-refractivity contribution in [2.24, 2.45) is 0 Å². The smallest absolute Gasteiger partial charge is 0.337 e. The van der Waals surface area contributed by atoms with Gasteiger partial charge in [0.25, 0.3) is 0 Å². The molecule has 0 saturated carbocycles. The lowest BCUT2D eigenvalue weighted by molar-refractivity contribution is 0.0697. The lowest BCUT2D eigenvalue weighted by Crippen LogP contribution is -2.48. The minimum absolute atomic E-state index is 0.270. The zero-order valence-corrected chi connectivity index (χ0v) is 16.8. The molecule has 0 bridgehead atoms. The lowest BCUT2D eigenvalue weighted by Gasteiger charge is -2.37. The zero-order chi connectivity index (χ0) is 20.4. The minimum Gasteiger partial charge on any atom is -0.478 e. The van der Waals surface area contributed by atoms with Crippen LogP contribution in [0.15, 0.2) is 12.1 Å². The molecule has 4 rings (SSSR count). The molecule has 0 unspecified atom stereocenters. The van der Waals surface area contributed by atoms with Crippen molar-refractivity contribution in [2.75, 3.05) is 31.2 Å². The normalized spacial score (nSPS) is 18.8.